The molecule has 1 aromatic heterocycles. The van der Waals surface area contributed by atoms with Gasteiger partial charge in [0.1, 0.15) is 5.69 Å². The summed E-state index contributed by atoms with van der Waals surface area (Å²) in [5.41, 5.74) is 0.551. The molecule has 0 aromatic carbocycles. The summed E-state index contributed by atoms with van der Waals surface area (Å²) in [7, 11) is 2.84. The quantitative estimate of drug-likeness (QED) is 0.587. The maximum atomic E-state index is 11.5. The smallest absolute Gasteiger partial charge is 0.339 e. The number of methoxy groups -OCH3 is 2. The molecule has 0 spiro atoms. The fourth-order valence-corrected chi connectivity index (χ4v) is 1.12. The minimum atomic E-state index is -0.483. The first-order valence-electron chi connectivity index (χ1n) is 5.00. The molecule has 1 amide bonds. The van der Waals surface area contributed by atoms with Crippen molar-refractivity contribution < 1.29 is 19.1 Å². The van der Waals surface area contributed by atoms with Gasteiger partial charge in [-0.15, -0.1) is 0 Å². The second-order valence-electron chi connectivity index (χ2n) is 3.17. The van der Waals surface area contributed by atoms with E-state index < -0.39 is 5.97 Å². The van der Waals surface area contributed by atoms with Crippen molar-refractivity contribution in [3.8, 4) is 0 Å². The molecule has 6 nitrogen and oxygen atoms in total. The number of ether oxygens (including phenoxy) is 2. The molecule has 0 saturated heterocycles. The molecule has 1 rings (SSSR count). The molecule has 0 saturated carbocycles. The molecular formula is C11H14N2O4. The Labute approximate surface area is 98.9 Å². The lowest BCUT2D eigenvalue weighted by Gasteiger charge is -2.04. The third kappa shape index (κ3) is 3.84. The number of hydrogen-bond donors (Lipinski definition) is 1. The zero-order chi connectivity index (χ0) is 12.7. The number of nitrogens with zero attached hydrogens (tertiary/aromatic N) is 1. The lowest BCUT2D eigenvalue weighted by Crippen LogP contribution is -2.27. The van der Waals surface area contributed by atoms with E-state index in [1.54, 1.807) is 7.11 Å². The molecule has 17 heavy (non-hydrogen) atoms. The molecule has 1 heterocycles. The van der Waals surface area contributed by atoms with Crippen LogP contribution in [-0.4, -0.2) is 44.2 Å². The van der Waals surface area contributed by atoms with E-state index in [1.165, 1.54) is 25.4 Å². The van der Waals surface area contributed by atoms with E-state index >= 15 is 0 Å². The summed E-state index contributed by atoms with van der Waals surface area (Å²) < 4.78 is 9.32. The number of nitrogens with one attached hydrogen (secondary N) is 1. The zero-order valence-electron chi connectivity index (χ0n) is 9.73. The monoisotopic (exact) mass is 238 g/mol. The third-order valence-corrected chi connectivity index (χ3v) is 2.01. The number of esters is 1. The van der Waals surface area contributed by atoms with Gasteiger partial charge < -0.3 is 14.8 Å². The van der Waals surface area contributed by atoms with Gasteiger partial charge in [0.15, 0.2) is 0 Å². The summed E-state index contributed by atoms with van der Waals surface area (Å²) in [6.07, 6.45) is 1.30. The predicted molar refractivity (Wildman–Crippen MR) is 59.8 cm³/mol. The van der Waals surface area contributed by atoms with Crippen molar-refractivity contribution in [3.05, 3.63) is 29.6 Å². The van der Waals surface area contributed by atoms with Crippen LogP contribution in [0.2, 0.25) is 0 Å². The minimum Gasteiger partial charge on any atom is -0.465 e. The Bertz CT molecular complexity index is 389. The van der Waals surface area contributed by atoms with Crippen molar-refractivity contribution in [1.82, 2.24) is 10.3 Å². The van der Waals surface area contributed by atoms with Crippen molar-refractivity contribution in [2.75, 3.05) is 27.4 Å². The van der Waals surface area contributed by atoms with Crippen LogP contribution in [0.4, 0.5) is 0 Å². The molecule has 0 unspecified atom stereocenters. The highest BCUT2D eigenvalue weighted by Crippen LogP contribution is 2.01. The highest BCUT2D eigenvalue weighted by Gasteiger charge is 2.09. The lowest BCUT2D eigenvalue weighted by molar-refractivity contribution is 0.0599. The van der Waals surface area contributed by atoms with E-state index in [-0.39, 0.29) is 11.6 Å². The van der Waals surface area contributed by atoms with E-state index in [0.29, 0.717) is 18.7 Å². The van der Waals surface area contributed by atoms with Crippen LogP contribution in [0.25, 0.3) is 0 Å². The van der Waals surface area contributed by atoms with Gasteiger partial charge in [0.2, 0.25) is 0 Å². The summed E-state index contributed by atoms with van der Waals surface area (Å²) in [4.78, 5) is 26.5. The first kappa shape index (κ1) is 13.1. The SMILES string of the molecule is COCCNC(=O)c1ccc(C(=O)OC)cn1. The largest absolute Gasteiger partial charge is 0.465 e. The Morgan fingerprint density at radius 3 is 2.65 bits per heavy atom. The van der Waals surface area contributed by atoms with Crippen LogP contribution < -0.4 is 5.32 Å². The molecule has 1 N–H and O–H groups in total. The highest BCUT2D eigenvalue weighted by molar-refractivity contribution is 5.94. The van der Waals surface area contributed by atoms with Crippen LogP contribution in [-0.2, 0) is 9.47 Å². The summed E-state index contributed by atoms with van der Waals surface area (Å²) in [6.45, 7) is 0.849. The Morgan fingerprint density at radius 1 is 1.35 bits per heavy atom. The molecular weight excluding hydrogens is 224 g/mol. The van der Waals surface area contributed by atoms with Gasteiger partial charge in [-0.1, -0.05) is 0 Å². The van der Waals surface area contributed by atoms with Gasteiger partial charge in [0, 0.05) is 19.9 Å². The van der Waals surface area contributed by atoms with Crippen LogP contribution in [0.3, 0.4) is 0 Å². The molecule has 1 aromatic rings. The van der Waals surface area contributed by atoms with E-state index in [0.717, 1.165) is 0 Å². The standard InChI is InChI=1S/C11H14N2O4/c1-16-6-5-12-10(14)9-4-3-8(7-13-9)11(15)17-2/h3-4,7H,5-6H2,1-2H3,(H,12,14). The minimum absolute atomic E-state index is 0.244. The molecule has 0 radical (unpaired) electrons. The van der Waals surface area contributed by atoms with Crippen LogP contribution >= 0.6 is 0 Å². The Hall–Kier alpha value is -1.95. The molecule has 0 fully saturated rings. The number of pyridine rings is 1. The second-order valence-corrected chi connectivity index (χ2v) is 3.17. The fourth-order valence-electron chi connectivity index (χ4n) is 1.12. The summed E-state index contributed by atoms with van der Waals surface area (Å²) in [5.74, 6) is -0.790. The van der Waals surface area contributed by atoms with Crippen LogP contribution in [0.15, 0.2) is 18.3 Å². The van der Waals surface area contributed by atoms with E-state index in [2.05, 4.69) is 15.0 Å². The summed E-state index contributed by atoms with van der Waals surface area (Å²) in [5, 5.41) is 2.62. The number of carbonyl (C=O) groups is 2. The number of aromatic nitrogens is 1. The van der Waals surface area contributed by atoms with Gasteiger partial charge in [0.05, 0.1) is 19.3 Å². The number of hydrogen-bond acceptors (Lipinski definition) is 5. The van der Waals surface area contributed by atoms with Crippen molar-refractivity contribution in [1.29, 1.82) is 0 Å². The van der Waals surface area contributed by atoms with Gasteiger partial charge in [-0.05, 0) is 12.1 Å². The summed E-state index contributed by atoms with van der Waals surface area (Å²) >= 11 is 0. The first-order chi connectivity index (χ1) is 8.19. The van der Waals surface area contributed by atoms with Gasteiger partial charge in [-0.25, -0.2) is 4.79 Å². The number of rotatable bonds is 5. The maximum Gasteiger partial charge on any atom is 0.339 e. The van der Waals surface area contributed by atoms with E-state index in [1.807, 2.05) is 0 Å². The molecule has 0 aliphatic carbocycles. The zero-order valence-corrected chi connectivity index (χ0v) is 9.73. The van der Waals surface area contributed by atoms with Crippen LogP contribution in [0, 0.1) is 0 Å². The van der Waals surface area contributed by atoms with Gasteiger partial charge in [-0.3, -0.25) is 9.78 Å². The van der Waals surface area contributed by atoms with Gasteiger partial charge in [0.25, 0.3) is 5.91 Å². The lowest BCUT2D eigenvalue weighted by atomic mass is 10.2. The Morgan fingerprint density at radius 2 is 2.12 bits per heavy atom. The first-order valence-corrected chi connectivity index (χ1v) is 5.00. The van der Waals surface area contributed by atoms with Gasteiger partial charge >= 0.3 is 5.97 Å². The molecule has 6 heteroatoms. The second kappa shape index (κ2) is 6.59. The maximum absolute atomic E-state index is 11.5. The fraction of sp³-hybridized carbons (Fsp3) is 0.364. The number of amides is 1. The van der Waals surface area contributed by atoms with Crippen molar-refractivity contribution in [2.45, 2.75) is 0 Å². The predicted octanol–water partition coefficient (Wildman–Crippen LogP) is 0.244. The Kier molecular flexibility index (Phi) is 5.09. The average molecular weight is 238 g/mol. The summed E-state index contributed by atoms with van der Waals surface area (Å²) in [6, 6.07) is 2.96. The molecule has 0 aliphatic heterocycles. The normalized spacial score (nSPS) is 9.76. The van der Waals surface area contributed by atoms with Gasteiger partial charge in [-0.2, -0.15) is 0 Å². The molecule has 0 aliphatic rings. The third-order valence-electron chi connectivity index (χ3n) is 2.01. The highest BCUT2D eigenvalue weighted by atomic mass is 16.5. The van der Waals surface area contributed by atoms with Crippen molar-refractivity contribution in [2.24, 2.45) is 0 Å². The topological polar surface area (TPSA) is 77.5 Å². The Balaban J connectivity index is 2.61. The van der Waals surface area contributed by atoms with Crippen LogP contribution in [0.5, 0.6) is 0 Å². The number of carbonyl (C=O) groups excluding carboxylic acids is 2. The van der Waals surface area contributed by atoms with E-state index in [4.69, 9.17) is 4.74 Å². The van der Waals surface area contributed by atoms with Crippen molar-refractivity contribution in [3.63, 3.8) is 0 Å². The molecule has 0 bridgehead atoms. The van der Waals surface area contributed by atoms with Crippen molar-refractivity contribution >= 4 is 11.9 Å². The molecule has 0 atom stereocenters. The van der Waals surface area contributed by atoms with Crippen LogP contribution in [0.1, 0.15) is 20.8 Å². The average Bonchev–Trinajstić information content (AvgIpc) is 2.38. The van der Waals surface area contributed by atoms with E-state index in [9.17, 15) is 9.59 Å². The molecule has 92 valence electrons.